The van der Waals surface area contributed by atoms with Crippen molar-refractivity contribution in [2.75, 3.05) is 0 Å². The van der Waals surface area contributed by atoms with Crippen LogP contribution in [-0.4, -0.2) is 11.0 Å². The Morgan fingerprint density at radius 1 is 1.41 bits per heavy atom. The zero-order chi connectivity index (χ0) is 12.1. The Hall–Kier alpha value is -0.410. The summed E-state index contributed by atoms with van der Waals surface area (Å²) in [4.78, 5) is 5.80. The van der Waals surface area contributed by atoms with Crippen LogP contribution in [0.2, 0.25) is 0 Å². The van der Waals surface area contributed by atoms with E-state index in [0.29, 0.717) is 0 Å². The normalized spacial score (nSPS) is 25.1. The molecule has 2 atom stereocenters. The smallest absolute Gasteiger partial charge is 0.0925 e. The first-order valence-electron chi connectivity index (χ1n) is 6.98. The SMILES string of the molecule is CCc1ncc(CNC2CCCC(CC)C2)s1. The van der Waals surface area contributed by atoms with Crippen LogP contribution in [0.25, 0.3) is 0 Å². The average molecular weight is 252 g/mol. The summed E-state index contributed by atoms with van der Waals surface area (Å²) in [6, 6.07) is 0.737. The third-order valence-corrected chi connectivity index (χ3v) is 4.97. The molecular formula is C14H24N2S. The summed E-state index contributed by atoms with van der Waals surface area (Å²) in [6.45, 7) is 5.51. The number of aryl methyl sites for hydroxylation is 1. The Balaban J connectivity index is 1.77. The molecule has 0 aromatic carbocycles. The summed E-state index contributed by atoms with van der Waals surface area (Å²) >= 11 is 1.85. The lowest BCUT2D eigenvalue weighted by atomic mass is 9.84. The molecule has 0 spiro atoms. The lowest BCUT2D eigenvalue weighted by Crippen LogP contribution is -2.33. The molecule has 0 saturated heterocycles. The van der Waals surface area contributed by atoms with E-state index in [0.717, 1.165) is 24.9 Å². The van der Waals surface area contributed by atoms with Gasteiger partial charge in [0.2, 0.25) is 0 Å². The first-order chi connectivity index (χ1) is 8.31. The van der Waals surface area contributed by atoms with Crippen LogP contribution in [0, 0.1) is 5.92 Å². The van der Waals surface area contributed by atoms with Gasteiger partial charge in [-0.2, -0.15) is 0 Å². The molecular weight excluding hydrogens is 228 g/mol. The first-order valence-corrected chi connectivity index (χ1v) is 7.80. The standard InChI is InChI=1S/C14H24N2S/c1-3-11-6-5-7-12(8-11)15-9-13-10-16-14(4-2)17-13/h10-12,15H,3-9H2,1-2H3. The van der Waals surface area contributed by atoms with E-state index in [1.165, 1.54) is 42.0 Å². The molecule has 0 radical (unpaired) electrons. The third-order valence-electron chi connectivity index (χ3n) is 3.83. The zero-order valence-electron chi connectivity index (χ0n) is 11.0. The highest BCUT2D eigenvalue weighted by atomic mass is 32.1. The Morgan fingerprint density at radius 2 is 2.29 bits per heavy atom. The Morgan fingerprint density at radius 3 is 3.00 bits per heavy atom. The molecule has 1 fully saturated rings. The summed E-state index contributed by atoms with van der Waals surface area (Å²) in [5, 5.41) is 4.97. The van der Waals surface area contributed by atoms with Gasteiger partial charge in [-0.05, 0) is 25.2 Å². The fourth-order valence-electron chi connectivity index (χ4n) is 2.69. The molecule has 1 heterocycles. The molecule has 3 heteroatoms. The lowest BCUT2D eigenvalue weighted by Gasteiger charge is -2.29. The summed E-state index contributed by atoms with van der Waals surface area (Å²) in [6.07, 6.45) is 10.0. The van der Waals surface area contributed by atoms with Crippen molar-refractivity contribution in [3.8, 4) is 0 Å². The lowest BCUT2D eigenvalue weighted by molar-refractivity contribution is 0.279. The second-order valence-electron chi connectivity index (χ2n) is 5.09. The van der Waals surface area contributed by atoms with Crippen LogP contribution in [0.5, 0.6) is 0 Å². The second kappa shape index (κ2) is 6.50. The maximum absolute atomic E-state index is 4.41. The van der Waals surface area contributed by atoms with E-state index in [1.807, 2.05) is 17.5 Å². The van der Waals surface area contributed by atoms with Gasteiger partial charge in [0.1, 0.15) is 0 Å². The highest BCUT2D eigenvalue weighted by Gasteiger charge is 2.20. The van der Waals surface area contributed by atoms with Gasteiger partial charge in [-0.15, -0.1) is 11.3 Å². The van der Waals surface area contributed by atoms with Gasteiger partial charge in [0.05, 0.1) is 5.01 Å². The molecule has 96 valence electrons. The quantitative estimate of drug-likeness (QED) is 0.863. The zero-order valence-corrected chi connectivity index (χ0v) is 11.9. The van der Waals surface area contributed by atoms with Crippen LogP contribution in [0.1, 0.15) is 55.8 Å². The Labute approximate surface area is 109 Å². The van der Waals surface area contributed by atoms with Gasteiger partial charge in [-0.25, -0.2) is 4.98 Å². The topological polar surface area (TPSA) is 24.9 Å². The number of hydrogen-bond acceptors (Lipinski definition) is 3. The molecule has 1 aromatic heterocycles. The Bertz CT molecular complexity index is 335. The summed E-state index contributed by atoms with van der Waals surface area (Å²) < 4.78 is 0. The third kappa shape index (κ3) is 3.78. The van der Waals surface area contributed by atoms with Crippen LogP contribution in [-0.2, 0) is 13.0 Å². The van der Waals surface area contributed by atoms with E-state index < -0.39 is 0 Å². The van der Waals surface area contributed by atoms with Gasteiger partial charge in [0.15, 0.2) is 0 Å². The van der Waals surface area contributed by atoms with E-state index >= 15 is 0 Å². The van der Waals surface area contributed by atoms with E-state index in [-0.39, 0.29) is 0 Å². The highest BCUT2D eigenvalue weighted by Crippen LogP contribution is 2.26. The number of nitrogens with one attached hydrogen (secondary N) is 1. The molecule has 0 aliphatic heterocycles. The molecule has 2 nitrogen and oxygen atoms in total. The largest absolute Gasteiger partial charge is 0.309 e. The molecule has 17 heavy (non-hydrogen) atoms. The van der Waals surface area contributed by atoms with Crippen LogP contribution in [0.3, 0.4) is 0 Å². The second-order valence-corrected chi connectivity index (χ2v) is 6.29. The summed E-state index contributed by atoms with van der Waals surface area (Å²) in [5.74, 6) is 0.953. The summed E-state index contributed by atoms with van der Waals surface area (Å²) in [5.41, 5.74) is 0. The minimum absolute atomic E-state index is 0.737. The van der Waals surface area contributed by atoms with Crippen molar-refractivity contribution in [1.82, 2.24) is 10.3 Å². The van der Waals surface area contributed by atoms with E-state index in [2.05, 4.69) is 24.1 Å². The van der Waals surface area contributed by atoms with Crippen molar-refractivity contribution in [1.29, 1.82) is 0 Å². The van der Waals surface area contributed by atoms with E-state index in [1.54, 1.807) is 0 Å². The fourth-order valence-corrected chi connectivity index (χ4v) is 3.50. The molecule has 1 N–H and O–H groups in total. The monoisotopic (exact) mass is 252 g/mol. The van der Waals surface area contributed by atoms with Crippen LogP contribution >= 0.6 is 11.3 Å². The van der Waals surface area contributed by atoms with Crippen LogP contribution in [0.15, 0.2) is 6.20 Å². The van der Waals surface area contributed by atoms with Crippen molar-refractivity contribution in [3.05, 3.63) is 16.1 Å². The molecule has 1 aliphatic carbocycles. The fraction of sp³-hybridized carbons (Fsp3) is 0.786. The molecule has 1 aliphatic rings. The highest BCUT2D eigenvalue weighted by molar-refractivity contribution is 7.11. The van der Waals surface area contributed by atoms with Gasteiger partial charge in [-0.1, -0.05) is 33.1 Å². The van der Waals surface area contributed by atoms with Crippen LogP contribution in [0.4, 0.5) is 0 Å². The van der Waals surface area contributed by atoms with E-state index in [4.69, 9.17) is 0 Å². The molecule has 0 bridgehead atoms. The van der Waals surface area contributed by atoms with Gasteiger partial charge in [0, 0.05) is 23.7 Å². The molecule has 1 saturated carbocycles. The van der Waals surface area contributed by atoms with E-state index in [9.17, 15) is 0 Å². The summed E-state index contributed by atoms with van der Waals surface area (Å²) in [7, 11) is 0. The molecule has 2 rings (SSSR count). The predicted molar refractivity (Wildman–Crippen MR) is 74.4 cm³/mol. The van der Waals surface area contributed by atoms with Gasteiger partial charge in [-0.3, -0.25) is 0 Å². The molecule has 1 aromatic rings. The van der Waals surface area contributed by atoms with Crippen molar-refractivity contribution >= 4 is 11.3 Å². The number of nitrogens with zero attached hydrogens (tertiary/aromatic N) is 1. The number of thiazole rings is 1. The van der Waals surface area contributed by atoms with Crippen LogP contribution < -0.4 is 5.32 Å². The van der Waals surface area contributed by atoms with Crippen molar-refractivity contribution in [2.45, 2.75) is 65.0 Å². The first kappa shape index (κ1) is 13.0. The van der Waals surface area contributed by atoms with Gasteiger partial charge < -0.3 is 5.32 Å². The van der Waals surface area contributed by atoms with Gasteiger partial charge >= 0.3 is 0 Å². The molecule has 2 unspecified atom stereocenters. The number of hydrogen-bond donors (Lipinski definition) is 1. The maximum atomic E-state index is 4.41. The minimum Gasteiger partial charge on any atom is -0.309 e. The average Bonchev–Trinajstić information content (AvgIpc) is 2.84. The van der Waals surface area contributed by atoms with Crippen molar-refractivity contribution < 1.29 is 0 Å². The number of rotatable bonds is 5. The molecule has 0 amide bonds. The maximum Gasteiger partial charge on any atom is 0.0925 e. The van der Waals surface area contributed by atoms with Gasteiger partial charge in [0.25, 0.3) is 0 Å². The number of aromatic nitrogens is 1. The van der Waals surface area contributed by atoms with Crippen molar-refractivity contribution in [2.24, 2.45) is 5.92 Å². The van der Waals surface area contributed by atoms with Crippen molar-refractivity contribution in [3.63, 3.8) is 0 Å². The predicted octanol–water partition coefficient (Wildman–Crippen LogP) is 3.76. The Kier molecular flexibility index (Phi) is 4.99. The minimum atomic E-state index is 0.737.